The molecule has 9 nitrogen and oxygen atoms in total. The van der Waals surface area contributed by atoms with Crippen LogP contribution in [0.15, 0.2) is 12.5 Å². The molecule has 9 heteroatoms. The van der Waals surface area contributed by atoms with Crippen LogP contribution in [-0.4, -0.2) is 75.7 Å². The molecule has 2 saturated heterocycles. The summed E-state index contributed by atoms with van der Waals surface area (Å²) >= 11 is 0. The third kappa shape index (κ3) is 3.26. The number of H-pyrrole nitrogens is 1. The number of fused-ring (bicyclic) bond motifs is 2. The van der Waals surface area contributed by atoms with Gasteiger partial charge in [0.25, 0.3) is 5.91 Å². The van der Waals surface area contributed by atoms with Crippen LogP contribution >= 0.6 is 0 Å². The molecule has 30 heavy (non-hydrogen) atoms. The van der Waals surface area contributed by atoms with Gasteiger partial charge in [0.2, 0.25) is 5.95 Å². The summed E-state index contributed by atoms with van der Waals surface area (Å²) in [4.78, 5) is 33.9. The Bertz CT molecular complexity index is 952. The van der Waals surface area contributed by atoms with Crippen molar-refractivity contribution >= 4 is 11.9 Å². The Labute approximate surface area is 175 Å². The number of anilines is 1. The van der Waals surface area contributed by atoms with E-state index in [0.29, 0.717) is 32.0 Å². The number of imidazole rings is 1. The van der Waals surface area contributed by atoms with Gasteiger partial charge < -0.3 is 24.3 Å². The summed E-state index contributed by atoms with van der Waals surface area (Å²) in [6.07, 6.45) is 4.56. The van der Waals surface area contributed by atoms with E-state index in [9.17, 15) is 4.79 Å². The average molecular weight is 412 g/mol. The smallest absolute Gasteiger partial charge is 0.274 e. The quantitative estimate of drug-likeness (QED) is 0.797. The van der Waals surface area contributed by atoms with Crippen molar-refractivity contribution in [3.8, 4) is 0 Å². The molecule has 3 atom stereocenters. The first-order valence-corrected chi connectivity index (χ1v) is 10.6. The van der Waals surface area contributed by atoms with Crippen LogP contribution in [0, 0.1) is 6.92 Å². The molecule has 5 heterocycles. The number of ether oxygens (including phenoxy) is 2. The molecule has 2 aromatic heterocycles. The fourth-order valence-corrected chi connectivity index (χ4v) is 4.96. The standard InChI is InChI=1S/C21H28N6O3/c1-13-7-27(8-14(2)30-13)20-22-6-16-9-29-11-21(18(16)25-20)4-5-26(10-21)19(28)17-15(3)23-12-24-17/h6,12-14H,4-5,7-11H2,1-3H3,(H,23,24)/t13-,14-,21-/m0/s1. The molecule has 5 rings (SSSR count). The van der Waals surface area contributed by atoms with Crippen molar-refractivity contribution in [3.05, 3.63) is 35.2 Å². The molecule has 2 fully saturated rings. The molecule has 1 N–H and O–H groups in total. The number of carbonyl (C=O) groups is 1. The Morgan fingerprint density at radius 2 is 2.07 bits per heavy atom. The monoisotopic (exact) mass is 412 g/mol. The van der Waals surface area contributed by atoms with E-state index in [1.165, 1.54) is 0 Å². The van der Waals surface area contributed by atoms with E-state index in [4.69, 9.17) is 14.5 Å². The highest BCUT2D eigenvalue weighted by Gasteiger charge is 2.47. The highest BCUT2D eigenvalue weighted by atomic mass is 16.5. The van der Waals surface area contributed by atoms with E-state index >= 15 is 0 Å². The number of carbonyl (C=O) groups excluding carboxylic acids is 1. The van der Waals surface area contributed by atoms with Crippen molar-refractivity contribution in [1.82, 2.24) is 24.8 Å². The molecule has 3 aliphatic heterocycles. The van der Waals surface area contributed by atoms with E-state index in [1.54, 1.807) is 6.33 Å². The fraction of sp³-hybridized carbons (Fsp3) is 0.619. The first kappa shape index (κ1) is 19.4. The van der Waals surface area contributed by atoms with Crippen molar-refractivity contribution < 1.29 is 14.3 Å². The molecule has 0 unspecified atom stereocenters. The molecule has 0 saturated carbocycles. The van der Waals surface area contributed by atoms with Gasteiger partial charge in [-0.25, -0.2) is 15.0 Å². The molecule has 160 valence electrons. The summed E-state index contributed by atoms with van der Waals surface area (Å²) in [5.41, 5.74) is 3.03. The number of morpholine rings is 1. The van der Waals surface area contributed by atoms with Gasteiger partial charge in [-0.05, 0) is 27.2 Å². The zero-order valence-electron chi connectivity index (χ0n) is 17.7. The number of hydrogen-bond acceptors (Lipinski definition) is 7. The normalized spacial score (nSPS) is 28.8. The van der Waals surface area contributed by atoms with Crippen LogP contribution in [0.1, 0.15) is 47.7 Å². The number of rotatable bonds is 2. The lowest BCUT2D eigenvalue weighted by Crippen LogP contribution is -2.47. The van der Waals surface area contributed by atoms with Gasteiger partial charge in [-0.1, -0.05) is 0 Å². The van der Waals surface area contributed by atoms with Gasteiger partial charge in [0.1, 0.15) is 5.69 Å². The van der Waals surface area contributed by atoms with Gasteiger partial charge in [-0.3, -0.25) is 4.79 Å². The molecule has 0 bridgehead atoms. The maximum Gasteiger partial charge on any atom is 0.274 e. The SMILES string of the molecule is Cc1[nH]cnc1C(=O)N1CC[C@@]2(COCc3cnc(N4C[C@H](C)O[C@@H](C)C4)nc32)C1. The van der Waals surface area contributed by atoms with Gasteiger partial charge in [0.05, 0.1) is 42.9 Å². The first-order chi connectivity index (χ1) is 14.4. The summed E-state index contributed by atoms with van der Waals surface area (Å²) in [6.45, 7) is 9.90. The highest BCUT2D eigenvalue weighted by Crippen LogP contribution is 2.40. The van der Waals surface area contributed by atoms with Crippen molar-refractivity contribution in [3.63, 3.8) is 0 Å². The number of aromatic nitrogens is 4. The first-order valence-electron chi connectivity index (χ1n) is 10.6. The minimum absolute atomic E-state index is 0.0390. The number of nitrogens with one attached hydrogen (secondary N) is 1. The van der Waals surface area contributed by atoms with Crippen LogP contribution in [0.5, 0.6) is 0 Å². The van der Waals surface area contributed by atoms with Crippen LogP contribution in [0.25, 0.3) is 0 Å². The Morgan fingerprint density at radius 1 is 1.27 bits per heavy atom. The Kier molecular flexibility index (Phi) is 4.74. The summed E-state index contributed by atoms with van der Waals surface area (Å²) in [6, 6.07) is 0. The molecule has 3 aliphatic rings. The fourth-order valence-electron chi connectivity index (χ4n) is 4.96. The van der Waals surface area contributed by atoms with E-state index in [-0.39, 0.29) is 23.5 Å². The van der Waals surface area contributed by atoms with Crippen molar-refractivity contribution in [2.75, 3.05) is 37.7 Å². The van der Waals surface area contributed by atoms with Crippen molar-refractivity contribution in [1.29, 1.82) is 0 Å². The predicted molar refractivity (Wildman–Crippen MR) is 109 cm³/mol. The van der Waals surface area contributed by atoms with Gasteiger partial charge >= 0.3 is 0 Å². The lowest BCUT2D eigenvalue weighted by Gasteiger charge is -2.38. The topological polar surface area (TPSA) is 96.5 Å². The lowest BCUT2D eigenvalue weighted by atomic mass is 9.80. The molecular formula is C21H28N6O3. The Morgan fingerprint density at radius 3 is 2.80 bits per heavy atom. The highest BCUT2D eigenvalue weighted by molar-refractivity contribution is 5.93. The number of hydrogen-bond donors (Lipinski definition) is 1. The minimum atomic E-state index is -0.297. The maximum absolute atomic E-state index is 13.0. The van der Waals surface area contributed by atoms with Crippen LogP contribution in [0.3, 0.4) is 0 Å². The second-order valence-corrected chi connectivity index (χ2v) is 8.83. The molecule has 0 radical (unpaired) electrons. The summed E-state index contributed by atoms with van der Waals surface area (Å²) in [5, 5.41) is 0. The minimum Gasteiger partial charge on any atom is -0.376 e. The van der Waals surface area contributed by atoms with Gasteiger partial charge in [0.15, 0.2) is 0 Å². The summed E-state index contributed by atoms with van der Waals surface area (Å²) < 4.78 is 11.8. The molecule has 1 spiro atoms. The van der Waals surface area contributed by atoms with E-state index in [0.717, 1.165) is 42.4 Å². The molecule has 1 amide bonds. The number of aromatic amines is 1. The second-order valence-electron chi connectivity index (χ2n) is 8.83. The number of aryl methyl sites for hydroxylation is 1. The number of nitrogens with zero attached hydrogens (tertiary/aromatic N) is 5. The van der Waals surface area contributed by atoms with Crippen LogP contribution in [-0.2, 0) is 21.5 Å². The van der Waals surface area contributed by atoms with Gasteiger partial charge in [-0.2, -0.15) is 0 Å². The van der Waals surface area contributed by atoms with E-state index < -0.39 is 0 Å². The third-order valence-corrected chi connectivity index (χ3v) is 6.37. The molecule has 0 aromatic carbocycles. The molecule has 0 aliphatic carbocycles. The van der Waals surface area contributed by atoms with Gasteiger partial charge in [0, 0.05) is 43.6 Å². The van der Waals surface area contributed by atoms with Crippen molar-refractivity contribution in [2.24, 2.45) is 0 Å². The largest absolute Gasteiger partial charge is 0.376 e. The average Bonchev–Trinajstić information content (AvgIpc) is 3.34. The number of amides is 1. The van der Waals surface area contributed by atoms with E-state index in [1.807, 2.05) is 18.0 Å². The maximum atomic E-state index is 13.0. The van der Waals surface area contributed by atoms with Crippen LogP contribution < -0.4 is 4.90 Å². The van der Waals surface area contributed by atoms with Crippen LogP contribution in [0.4, 0.5) is 5.95 Å². The zero-order chi connectivity index (χ0) is 20.9. The van der Waals surface area contributed by atoms with Gasteiger partial charge in [-0.15, -0.1) is 0 Å². The third-order valence-electron chi connectivity index (χ3n) is 6.37. The Balaban J connectivity index is 1.43. The predicted octanol–water partition coefficient (Wildman–Crippen LogP) is 1.44. The number of likely N-dealkylation sites (tertiary alicyclic amines) is 1. The second kappa shape index (κ2) is 7.31. The molecular weight excluding hydrogens is 384 g/mol. The summed E-state index contributed by atoms with van der Waals surface area (Å²) in [7, 11) is 0. The zero-order valence-corrected chi connectivity index (χ0v) is 17.7. The lowest BCUT2D eigenvalue weighted by molar-refractivity contribution is -0.00584. The Hall–Kier alpha value is -2.52. The van der Waals surface area contributed by atoms with E-state index in [2.05, 4.69) is 33.7 Å². The molecule has 2 aromatic rings. The van der Waals surface area contributed by atoms with Crippen molar-refractivity contribution in [2.45, 2.75) is 51.4 Å². The van der Waals surface area contributed by atoms with Crippen LogP contribution in [0.2, 0.25) is 0 Å². The summed E-state index contributed by atoms with van der Waals surface area (Å²) in [5.74, 6) is 0.702.